The van der Waals surface area contributed by atoms with Gasteiger partial charge in [-0.2, -0.15) is 0 Å². The zero-order chi connectivity index (χ0) is 18.6. The third-order valence-electron chi connectivity index (χ3n) is 5.15. The number of carbonyl (C=O) groups excluding carboxylic acids is 1. The van der Waals surface area contributed by atoms with Crippen molar-refractivity contribution in [2.45, 2.75) is 51.4 Å². The second-order valence-electron chi connectivity index (χ2n) is 7.10. The molecule has 1 amide bonds. The van der Waals surface area contributed by atoms with Gasteiger partial charge in [-0.3, -0.25) is 9.79 Å². The van der Waals surface area contributed by atoms with Crippen molar-refractivity contribution in [1.82, 2.24) is 16.0 Å². The SMILES string of the molecule is CN=C(NCCCC1CCCCC1)NCCc1cccc(C(=O)NC)c1. The van der Waals surface area contributed by atoms with Crippen molar-refractivity contribution in [2.24, 2.45) is 10.9 Å². The molecule has 0 aromatic heterocycles. The quantitative estimate of drug-likeness (QED) is 0.380. The molecule has 2 rings (SSSR count). The molecule has 1 fully saturated rings. The van der Waals surface area contributed by atoms with Crippen LogP contribution in [-0.2, 0) is 6.42 Å². The molecule has 1 aliphatic carbocycles. The minimum absolute atomic E-state index is 0.0461. The molecule has 5 nitrogen and oxygen atoms in total. The van der Waals surface area contributed by atoms with E-state index >= 15 is 0 Å². The number of amides is 1. The van der Waals surface area contributed by atoms with E-state index in [1.165, 1.54) is 44.9 Å². The lowest BCUT2D eigenvalue weighted by Gasteiger charge is -2.21. The van der Waals surface area contributed by atoms with Crippen LogP contribution in [0.5, 0.6) is 0 Å². The normalized spacial score (nSPS) is 15.5. The molecule has 26 heavy (non-hydrogen) atoms. The fourth-order valence-corrected chi connectivity index (χ4v) is 3.63. The molecule has 1 aromatic carbocycles. The molecule has 0 heterocycles. The summed E-state index contributed by atoms with van der Waals surface area (Å²) >= 11 is 0. The summed E-state index contributed by atoms with van der Waals surface area (Å²) in [7, 11) is 3.46. The third-order valence-corrected chi connectivity index (χ3v) is 5.15. The number of hydrogen-bond acceptors (Lipinski definition) is 2. The number of hydrogen-bond donors (Lipinski definition) is 3. The van der Waals surface area contributed by atoms with Gasteiger partial charge < -0.3 is 16.0 Å². The molecule has 1 saturated carbocycles. The average Bonchev–Trinajstić information content (AvgIpc) is 2.70. The predicted octanol–water partition coefficient (Wildman–Crippen LogP) is 3.11. The van der Waals surface area contributed by atoms with Gasteiger partial charge in [-0.25, -0.2) is 0 Å². The van der Waals surface area contributed by atoms with Crippen molar-refractivity contribution in [3.8, 4) is 0 Å². The predicted molar refractivity (Wildman–Crippen MR) is 109 cm³/mol. The Labute approximate surface area is 158 Å². The minimum Gasteiger partial charge on any atom is -0.356 e. The number of carbonyl (C=O) groups is 1. The fraction of sp³-hybridized carbons (Fsp3) is 0.619. The summed E-state index contributed by atoms with van der Waals surface area (Å²) in [5.74, 6) is 1.75. The fourth-order valence-electron chi connectivity index (χ4n) is 3.63. The lowest BCUT2D eigenvalue weighted by molar-refractivity contribution is 0.0963. The van der Waals surface area contributed by atoms with Crippen LogP contribution >= 0.6 is 0 Å². The van der Waals surface area contributed by atoms with Gasteiger partial charge in [0.05, 0.1) is 0 Å². The Morgan fingerprint density at radius 1 is 1.15 bits per heavy atom. The molecule has 144 valence electrons. The van der Waals surface area contributed by atoms with E-state index in [0.717, 1.165) is 37.0 Å². The zero-order valence-corrected chi connectivity index (χ0v) is 16.3. The minimum atomic E-state index is -0.0461. The van der Waals surface area contributed by atoms with Crippen molar-refractivity contribution >= 4 is 11.9 Å². The van der Waals surface area contributed by atoms with Crippen molar-refractivity contribution in [3.05, 3.63) is 35.4 Å². The smallest absolute Gasteiger partial charge is 0.251 e. The van der Waals surface area contributed by atoms with Gasteiger partial charge in [-0.05, 0) is 42.9 Å². The van der Waals surface area contributed by atoms with Crippen LogP contribution in [0.2, 0.25) is 0 Å². The first kappa shape index (κ1) is 20.3. The van der Waals surface area contributed by atoms with Crippen LogP contribution in [0.25, 0.3) is 0 Å². The summed E-state index contributed by atoms with van der Waals surface area (Å²) < 4.78 is 0. The van der Waals surface area contributed by atoms with Gasteiger partial charge >= 0.3 is 0 Å². The van der Waals surface area contributed by atoms with Crippen molar-refractivity contribution in [2.75, 3.05) is 27.2 Å². The lowest BCUT2D eigenvalue weighted by atomic mass is 9.86. The Kier molecular flexibility index (Phi) is 9.01. The highest BCUT2D eigenvalue weighted by Crippen LogP contribution is 2.26. The maximum Gasteiger partial charge on any atom is 0.251 e. The van der Waals surface area contributed by atoms with E-state index in [0.29, 0.717) is 5.56 Å². The van der Waals surface area contributed by atoms with E-state index in [9.17, 15) is 4.79 Å². The Morgan fingerprint density at radius 3 is 2.65 bits per heavy atom. The third kappa shape index (κ3) is 7.06. The van der Waals surface area contributed by atoms with Crippen LogP contribution in [0.3, 0.4) is 0 Å². The van der Waals surface area contributed by atoms with Gasteiger partial charge in [-0.1, -0.05) is 44.2 Å². The maximum atomic E-state index is 11.7. The van der Waals surface area contributed by atoms with Crippen LogP contribution in [0.1, 0.15) is 60.9 Å². The summed E-state index contributed by atoms with van der Waals surface area (Å²) in [5.41, 5.74) is 1.85. The monoisotopic (exact) mass is 358 g/mol. The summed E-state index contributed by atoms with van der Waals surface area (Å²) in [5, 5.41) is 9.43. The van der Waals surface area contributed by atoms with Crippen molar-refractivity contribution < 1.29 is 4.79 Å². The summed E-state index contributed by atoms with van der Waals surface area (Å²) in [6.45, 7) is 1.77. The first-order valence-corrected chi connectivity index (χ1v) is 9.98. The van der Waals surface area contributed by atoms with Crippen LogP contribution in [-0.4, -0.2) is 39.1 Å². The molecule has 1 aromatic rings. The molecule has 0 spiro atoms. The summed E-state index contributed by atoms with van der Waals surface area (Å²) in [4.78, 5) is 16.0. The molecular formula is C21H34N4O. The second kappa shape index (κ2) is 11.6. The van der Waals surface area contributed by atoms with E-state index in [1.807, 2.05) is 25.2 Å². The largest absolute Gasteiger partial charge is 0.356 e. The lowest BCUT2D eigenvalue weighted by Crippen LogP contribution is -2.38. The first-order chi connectivity index (χ1) is 12.7. The molecule has 0 saturated heterocycles. The second-order valence-corrected chi connectivity index (χ2v) is 7.10. The van der Waals surface area contributed by atoms with Gasteiger partial charge in [0.15, 0.2) is 5.96 Å². The molecule has 0 bridgehead atoms. The number of aliphatic imine (C=N–C) groups is 1. The zero-order valence-electron chi connectivity index (χ0n) is 16.3. The van der Waals surface area contributed by atoms with Crippen LogP contribution in [0.4, 0.5) is 0 Å². The Bertz CT molecular complexity index is 579. The number of rotatable bonds is 8. The van der Waals surface area contributed by atoms with Crippen LogP contribution in [0, 0.1) is 5.92 Å². The van der Waals surface area contributed by atoms with Gasteiger partial charge in [0.25, 0.3) is 5.91 Å². The van der Waals surface area contributed by atoms with E-state index in [1.54, 1.807) is 7.05 Å². The number of nitrogens with zero attached hydrogens (tertiary/aromatic N) is 1. The molecular weight excluding hydrogens is 324 g/mol. The molecule has 0 atom stereocenters. The average molecular weight is 359 g/mol. The standard InChI is InChI=1S/C21H34N4O/c1-22-20(26)19-12-6-10-18(16-19)13-15-25-21(23-2)24-14-7-11-17-8-4-3-5-9-17/h6,10,12,16-17H,3-5,7-9,11,13-15H2,1-2H3,(H,22,26)(H2,23,24,25). The first-order valence-electron chi connectivity index (χ1n) is 9.98. The van der Waals surface area contributed by atoms with Crippen molar-refractivity contribution in [1.29, 1.82) is 0 Å². The topological polar surface area (TPSA) is 65.5 Å². The molecule has 3 N–H and O–H groups in total. The van der Waals surface area contributed by atoms with Gasteiger partial charge in [0.1, 0.15) is 0 Å². The highest BCUT2D eigenvalue weighted by atomic mass is 16.1. The molecule has 0 unspecified atom stereocenters. The van der Waals surface area contributed by atoms with Crippen LogP contribution < -0.4 is 16.0 Å². The Morgan fingerprint density at radius 2 is 1.92 bits per heavy atom. The number of guanidine groups is 1. The summed E-state index contributed by atoms with van der Waals surface area (Å²) in [6.07, 6.45) is 10.5. The van der Waals surface area contributed by atoms with E-state index in [2.05, 4.69) is 27.0 Å². The number of nitrogens with one attached hydrogen (secondary N) is 3. The number of benzene rings is 1. The summed E-state index contributed by atoms with van der Waals surface area (Å²) in [6, 6.07) is 7.76. The van der Waals surface area contributed by atoms with Crippen LogP contribution in [0.15, 0.2) is 29.3 Å². The highest BCUT2D eigenvalue weighted by molar-refractivity contribution is 5.94. The molecule has 5 heteroatoms. The molecule has 1 aliphatic rings. The Hall–Kier alpha value is -2.04. The molecule has 0 radical (unpaired) electrons. The van der Waals surface area contributed by atoms with E-state index < -0.39 is 0 Å². The van der Waals surface area contributed by atoms with Gasteiger partial charge in [-0.15, -0.1) is 0 Å². The van der Waals surface area contributed by atoms with E-state index in [-0.39, 0.29) is 5.91 Å². The van der Waals surface area contributed by atoms with Gasteiger partial charge in [0.2, 0.25) is 0 Å². The van der Waals surface area contributed by atoms with Crippen molar-refractivity contribution in [3.63, 3.8) is 0 Å². The maximum absolute atomic E-state index is 11.7. The molecule has 0 aliphatic heterocycles. The van der Waals surface area contributed by atoms with Gasteiger partial charge in [0, 0.05) is 32.7 Å². The highest BCUT2D eigenvalue weighted by Gasteiger charge is 2.12. The Balaban J connectivity index is 1.64. The van der Waals surface area contributed by atoms with E-state index in [4.69, 9.17) is 0 Å².